The van der Waals surface area contributed by atoms with Crippen LogP contribution in [0.25, 0.3) is 11.1 Å². The Hall–Kier alpha value is -3.33. The van der Waals surface area contributed by atoms with Crippen molar-refractivity contribution in [2.75, 3.05) is 18.5 Å². The molecule has 1 aliphatic heterocycles. The van der Waals surface area contributed by atoms with Crippen molar-refractivity contribution in [3.63, 3.8) is 0 Å². The number of nitrogens with zero attached hydrogens (tertiary/aromatic N) is 2. The van der Waals surface area contributed by atoms with Gasteiger partial charge in [-0.05, 0) is 54.3 Å². The van der Waals surface area contributed by atoms with Crippen molar-refractivity contribution < 1.29 is 44.1 Å². The van der Waals surface area contributed by atoms with Crippen LogP contribution in [0.2, 0.25) is 5.02 Å². The van der Waals surface area contributed by atoms with Crippen LogP contribution in [-0.4, -0.2) is 57.4 Å². The molecule has 0 saturated heterocycles. The third-order valence-corrected chi connectivity index (χ3v) is 9.94. The van der Waals surface area contributed by atoms with Gasteiger partial charge in [-0.3, -0.25) is 0 Å². The van der Waals surface area contributed by atoms with Crippen molar-refractivity contribution in [1.29, 1.82) is 0 Å². The van der Waals surface area contributed by atoms with Crippen LogP contribution in [0.4, 0.5) is 24.5 Å². The summed E-state index contributed by atoms with van der Waals surface area (Å²) < 4.78 is 94.8. The summed E-state index contributed by atoms with van der Waals surface area (Å²) in [5.74, 6) is -2.69. The topological polar surface area (TPSA) is 121 Å². The molecule has 0 radical (unpaired) electrons. The zero-order chi connectivity index (χ0) is 31.2. The van der Waals surface area contributed by atoms with E-state index in [4.69, 9.17) is 11.6 Å². The van der Waals surface area contributed by atoms with Crippen molar-refractivity contribution >= 4 is 49.1 Å². The highest BCUT2D eigenvalue weighted by atomic mass is 35.5. The number of benzene rings is 3. The fraction of sp³-hybridized carbons (Fsp3) is 0.296. The molecule has 0 aromatic heterocycles. The molecule has 0 unspecified atom stereocenters. The number of carboxylic acids is 1. The van der Waals surface area contributed by atoms with Crippen LogP contribution < -0.4 is 9.08 Å². The number of rotatable bonds is 7. The van der Waals surface area contributed by atoms with E-state index in [-0.39, 0.29) is 32.7 Å². The first kappa shape index (κ1) is 31.6. The molecule has 0 spiro atoms. The van der Waals surface area contributed by atoms with E-state index in [2.05, 4.69) is 4.18 Å². The number of carbonyl (C=O) groups is 1. The number of likely N-dealkylation sites (N-methyl/N-ethyl adjacent to an activating group) is 1. The summed E-state index contributed by atoms with van der Waals surface area (Å²) in [7, 11) is -8.81. The molecule has 42 heavy (non-hydrogen) atoms. The number of hydrogen-bond donors (Lipinski definition) is 1. The Bertz CT molecular complexity index is 1730. The largest absolute Gasteiger partial charge is 0.534 e. The van der Waals surface area contributed by atoms with Gasteiger partial charge >= 0.3 is 21.6 Å². The maximum atomic E-state index is 13.9. The zero-order valence-corrected chi connectivity index (χ0v) is 24.9. The Morgan fingerprint density at radius 2 is 1.76 bits per heavy atom. The molecule has 9 nitrogen and oxygen atoms in total. The van der Waals surface area contributed by atoms with E-state index < -0.39 is 49.0 Å². The molecule has 1 aliphatic rings. The lowest BCUT2D eigenvalue weighted by molar-refractivity contribution is -0.0500. The number of halogens is 4. The number of carboxylic acid groups (broad SMARTS) is 1. The highest BCUT2D eigenvalue weighted by Crippen LogP contribution is 2.44. The standard InChI is InChI=1S/C27H26ClF3N2O7S2/c1-16(2)11-19-15-33(18-7-5-4-6-8-18)23-14-22(28)20(13-25(23)41(36,37)32(19)3)17-9-10-24(21(12-17)26(34)35)40-42(38,39)27(29,30)31/h4-10,12-14,16,19H,11,15H2,1-3H3,(H,34,35)/t19-/m1/s1. The molecule has 0 bridgehead atoms. The molecule has 226 valence electrons. The van der Waals surface area contributed by atoms with Crippen molar-refractivity contribution in [2.45, 2.75) is 36.7 Å². The minimum absolute atomic E-state index is 0.00375. The van der Waals surface area contributed by atoms with Crippen LogP contribution in [0.15, 0.2) is 65.6 Å². The molecule has 0 fully saturated rings. The van der Waals surface area contributed by atoms with Crippen LogP contribution in [0.3, 0.4) is 0 Å². The maximum Gasteiger partial charge on any atom is 0.534 e. The molecular weight excluding hydrogens is 621 g/mol. The number of alkyl halides is 3. The molecule has 4 rings (SSSR count). The summed E-state index contributed by atoms with van der Waals surface area (Å²) in [5, 5.41) is 9.63. The van der Waals surface area contributed by atoms with Gasteiger partial charge in [0.1, 0.15) is 10.5 Å². The second-order valence-corrected chi connectivity index (χ2v) is 14.0. The van der Waals surface area contributed by atoms with Crippen LogP contribution in [-0.2, 0) is 20.1 Å². The molecule has 0 saturated carbocycles. The van der Waals surface area contributed by atoms with Gasteiger partial charge in [-0.2, -0.15) is 25.9 Å². The smallest absolute Gasteiger partial charge is 0.478 e. The quantitative estimate of drug-likeness (QED) is 0.241. The predicted octanol–water partition coefficient (Wildman–Crippen LogP) is 6.12. The van der Waals surface area contributed by atoms with E-state index in [1.807, 2.05) is 49.1 Å². The van der Waals surface area contributed by atoms with Crippen molar-refractivity contribution in [3.8, 4) is 16.9 Å². The predicted molar refractivity (Wildman–Crippen MR) is 151 cm³/mol. The van der Waals surface area contributed by atoms with E-state index in [9.17, 15) is 39.9 Å². The Morgan fingerprint density at radius 1 is 1.12 bits per heavy atom. The summed E-state index contributed by atoms with van der Waals surface area (Å²) in [6.07, 6.45) is 0.553. The molecule has 1 heterocycles. The monoisotopic (exact) mass is 646 g/mol. The summed E-state index contributed by atoms with van der Waals surface area (Å²) in [5.41, 5.74) is -5.65. The number of anilines is 2. The molecule has 3 aromatic carbocycles. The van der Waals surface area contributed by atoms with Crippen LogP contribution in [0.5, 0.6) is 5.75 Å². The van der Waals surface area contributed by atoms with Gasteiger partial charge in [-0.25, -0.2) is 13.2 Å². The first-order valence-corrected chi connectivity index (χ1v) is 15.7. The molecule has 0 amide bonds. The van der Waals surface area contributed by atoms with E-state index >= 15 is 0 Å². The fourth-order valence-corrected chi connectivity index (χ4v) is 6.98. The number of para-hydroxylation sites is 1. The van der Waals surface area contributed by atoms with Crippen molar-refractivity contribution in [3.05, 3.63) is 71.2 Å². The molecule has 3 aromatic rings. The highest BCUT2D eigenvalue weighted by Gasteiger charge is 2.49. The van der Waals surface area contributed by atoms with Gasteiger partial charge < -0.3 is 14.2 Å². The second-order valence-electron chi connectivity index (χ2n) is 10.0. The number of fused-ring (bicyclic) bond motifs is 1. The maximum absolute atomic E-state index is 13.9. The normalized spacial score (nSPS) is 17.5. The lowest BCUT2D eigenvalue weighted by atomic mass is 10.0. The first-order valence-electron chi connectivity index (χ1n) is 12.5. The Balaban J connectivity index is 1.91. The summed E-state index contributed by atoms with van der Waals surface area (Å²) in [6.45, 7) is 4.27. The average molecular weight is 647 g/mol. The third-order valence-electron chi connectivity index (χ3n) is 6.72. The number of sulfonamides is 1. The van der Waals surface area contributed by atoms with Crippen LogP contribution in [0.1, 0.15) is 30.6 Å². The molecule has 15 heteroatoms. The first-order chi connectivity index (χ1) is 19.4. The molecule has 0 aliphatic carbocycles. The summed E-state index contributed by atoms with van der Waals surface area (Å²) in [6, 6.07) is 14.0. The van der Waals surface area contributed by atoms with Crippen molar-refractivity contribution in [1.82, 2.24) is 4.31 Å². The molecular formula is C27H26ClF3N2O7S2. The van der Waals surface area contributed by atoms with Gasteiger partial charge in [0.15, 0.2) is 5.75 Å². The van der Waals surface area contributed by atoms with Crippen LogP contribution in [0, 0.1) is 5.92 Å². The van der Waals surface area contributed by atoms with Gasteiger partial charge in [0, 0.05) is 30.9 Å². The fourth-order valence-electron chi connectivity index (χ4n) is 4.68. The average Bonchev–Trinajstić information content (AvgIpc) is 2.96. The van der Waals surface area contributed by atoms with Gasteiger partial charge in [0.05, 0.1) is 10.7 Å². The second kappa shape index (κ2) is 11.4. The Labute approximate surface area is 246 Å². The minimum atomic E-state index is -6.16. The Morgan fingerprint density at radius 3 is 2.33 bits per heavy atom. The number of aromatic carboxylic acids is 1. The lowest BCUT2D eigenvalue weighted by Gasteiger charge is -2.30. The SMILES string of the molecule is CC(C)C[C@@H]1CN(c2ccccc2)c2cc(Cl)c(-c3ccc(OS(=O)(=O)C(F)(F)F)c(C(=O)O)c3)cc2S(=O)(=O)N1C. The van der Waals surface area contributed by atoms with E-state index in [1.54, 1.807) is 0 Å². The van der Waals surface area contributed by atoms with E-state index in [1.165, 1.54) is 23.5 Å². The summed E-state index contributed by atoms with van der Waals surface area (Å²) in [4.78, 5) is 13.6. The minimum Gasteiger partial charge on any atom is -0.478 e. The zero-order valence-electron chi connectivity index (χ0n) is 22.5. The van der Waals surface area contributed by atoms with Crippen molar-refractivity contribution in [2.24, 2.45) is 5.92 Å². The van der Waals surface area contributed by atoms with Crippen LogP contribution >= 0.6 is 11.6 Å². The van der Waals surface area contributed by atoms with Gasteiger partial charge in [0.2, 0.25) is 10.0 Å². The lowest BCUT2D eigenvalue weighted by Crippen LogP contribution is -2.41. The number of hydrogen-bond acceptors (Lipinski definition) is 7. The van der Waals surface area contributed by atoms with Gasteiger partial charge in [-0.15, -0.1) is 0 Å². The summed E-state index contributed by atoms with van der Waals surface area (Å²) >= 11 is 6.63. The van der Waals surface area contributed by atoms with E-state index in [0.717, 1.165) is 18.2 Å². The van der Waals surface area contributed by atoms with E-state index in [0.29, 0.717) is 18.7 Å². The molecule has 1 atom stereocenters. The van der Waals surface area contributed by atoms with Gasteiger partial charge in [0.25, 0.3) is 0 Å². The highest BCUT2D eigenvalue weighted by molar-refractivity contribution is 7.89. The molecule has 1 N–H and O–H groups in total. The third kappa shape index (κ3) is 6.07. The van der Waals surface area contributed by atoms with Gasteiger partial charge in [-0.1, -0.05) is 49.7 Å². The Kier molecular flexibility index (Phi) is 8.57.